The molecule has 1 aliphatic heterocycles. The smallest absolute Gasteiger partial charge is 0.299 e. The number of para-hydroxylation sites is 1. The van der Waals surface area contributed by atoms with E-state index in [2.05, 4.69) is 0 Å². The minimum atomic E-state index is -0.182. The highest BCUT2D eigenvalue weighted by molar-refractivity contribution is 5.87. The van der Waals surface area contributed by atoms with Gasteiger partial charge >= 0.3 is 0 Å². The van der Waals surface area contributed by atoms with Crippen LogP contribution in [0.1, 0.15) is 0 Å². The molecule has 0 fully saturated rings. The van der Waals surface area contributed by atoms with Crippen molar-refractivity contribution in [2.75, 3.05) is 0 Å². The third kappa shape index (κ3) is 1.05. The van der Waals surface area contributed by atoms with Crippen LogP contribution in [0.5, 0.6) is 5.75 Å². The number of aromatic nitrogens is 1. The number of hydrogen-bond donors (Lipinski definition) is 1. The first-order chi connectivity index (χ1) is 7.25. The molecule has 0 radical (unpaired) electrons. The third-order valence-electron chi connectivity index (χ3n) is 2.37. The summed E-state index contributed by atoms with van der Waals surface area (Å²) >= 11 is 0. The maximum absolute atomic E-state index is 11.6. The van der Waals surface area contributed by atoms with Crippen LogP contribution in [0.4, 0.5) is 0 Å². The Morgan fingerprint density at radius 1 is 1.27 bits per heavy atom. The fraction of sp³-hybridized carbons (Fsp3) is 0. The van der Waals surface area contributed by atoms with E-state index in [9.17, 15) is 9.90 Å². The molecular weight excluding hydrogens is 194 g/mol. The van der Waals surface area contributed by atoms with Crippen LogP contribution < -0.4 is 10.2 Å². The number of nitrogens with zero attached hydrogens (tertiary/aromatic N) is 1. The predicted octanol–water partition coefficient (Wildman–Crippen LogP) is 1.71. The molecule has 0 saturated heterocycles. The number of aliphatic hydroxyl groups excluding tert-OH is 1. The number of aliphatic hydroxyl groups is 1. The van der Waals surface area contributed by atoms with Crippen LogP contribution in [-0.2, 0) is 0 Å². The highest BCUT2D eigenvalue weighted by Gasteiger charge is 2.14. The summed E-state index contributed by atoms with van der Waals surface area (Å²) in [6.45, 7) is 0. The van der Waals surface area contributed by atoms with E-state index in [4.69, 9.17) is 4.74 Å². The molecule has 0 bridgehead atoms. The highest BCUT2D eigenvalue weighted by atomic mass is 16.6. The van der Waals surface area contributed by atoms with E-state index in [0.29, 0.717) is 16.7 Å². The van der Waals surface area contributed by atoms with Gasteiger partial charge in [0.1, 0.15) is 0 Å². The first-order valence-corrected chi connectivity index (χ1v) is 4.48. The average Bonchev–Trinajstić information content (AvgIpc) is 2.23. The molecule has 2 aromatic rings. The maximum Gasteiger partial charge on any atom is 0.299 e. The van der Waals surface area contributed by atoms with Gasteiger partial charge in [-0.3, -0.25) is 4.79 Å². The summed E-state index contributed by atoms with van der Waals surface area (Å²) in [6, 6.07) is 6.63. The lowest BCUT2D eigenvalue weighted by molar-refractivity contribution is 0.211. The molecule has 15 heavy (non-hydrogen) atoms. The van der Waals surface area contributed by atoms with Gasteiger partial charge in [0, 0.05) is 17.6 Å². The van der Waals surface area contributed by atoms with Crippen molar-refractivity contribution < 1.29 is 9.84 Å². The minimum Gasteiger partial charge on any atom is -0.480 e. The molecule has 0 unspecified atom stereocenters. The molecule has 1 aromatic carbocycles. The molecule has 74 valence electrons. The van der Waals surface area contributed by atoms with Crippen molar-refractivity contribution in [1.29, 1.82) is 0 Å². The number of pyridine rings is 1. The van der Waals surface area contributed by atoms with Gasteiger partial charge in [0.15, 0.2) is 11.2 Å². The lowest BCUT2D eigenvalue weighted by atomic mass is 10.2. The second kappa shape index (κ2) is 2.63. The summed E-state index contributed by atoms with van der Waals surface area (Å²) in [7, 11) is 0. The van der Waals surface area contributed by atoms with Gasteiger partial charge in [-0.15, -0.1) is 0 Å². The maximum atomic E-state index is 11.6. The monoisotopic (exact) mass is 201 g/mol. The number of rotatable bonds is 0. The Labute approximate surface area is 84.6 Å². The van der Waals surface area contributed by atoms with Crippen LogP contribution in [0.3, 0.4) is 0 Å². The Balaban J connectivity index is 2.57. The zero-order chi connectivity index (χ0) is 10.4. The number of ether oxygens (including phenoxy) is 1. The van der Waals surface area contributed by atoms with Crippen LogP contribution in [-0.4, -0.2) is 9.67 Å². The van der Waals surface area contributed by atoms with E-state index < -0.39 is 0 Å². The van der Waals surface area contributed by atoms with Crippen molar-refractivity contribution in [2.45, 2.75) is 0 Å². The van der Waals surface area contributed by atoms with Crippen LogP contribution in [0.25, 0.3) is 17.1 Å². The molecule has 0 atom stereocenters. The molecule has 4 nitrogen and oxygen atoms in total. The van der Waals surface area contributed by atoms with E-state index in [1.54, 1.807) is 29.0 Å². The Morgan fingerprint density at radius 3 is 3.00 bits per heavy atom. The third-order valence-corrected chi connectivity index (χ3v) is 2.37. The van der Waals surface area contributed by atoms with Crippen molar-refractivity contribution in [3.63, 3.8) is 0 Å². The van der Waals surface area contributed by atoms with Crippen molar-refractivity contribution in [3.05, 3.63) is 46.6 Å². The summed E-state index contributed by atoms with van der Waals surface area (Å²) in [5.74, 6) is 0.309. The molecule has 0 amide bonds. The van der Waals surface area contributed by atoms with Gasteiger partial charge in [0.2, 0.25) is 0 Å². The molecule has 0 aliphatic carbocycles. The molecule has 1 aromatic heterocycles. The lowest BCUT2D eigenvalue weighted by Crippen LogP contribution is -2.11. The van der Waals surface area contributed by atoms with Crippen molar-refractivity contribution in [2.24, 2.45) is 0 Å². The van der Waals surface area contributed by atoms with Crippen LogP contribution >= 0.6 is 0 Å². The lowest BCUT2D eigenvalue weighted by Gasteiger charge is -2.16. The van der Waals surface area contributed by atoms with Gasteiger partial charge in [-0.05, 0) is 12.1 Å². The quantitative estimate of drug-likeness (QED) is 0.705. The van der Waals surface area contributed by atoms with Crippen LogP contribution in [0.2, 0.25) is 0 Å². The second-order valence-corrected chi connectivity index (χ2v) is 3.31. The topological polar surface area (TPSA) is 51.5 Å². The molecular formula is C11H7NO3. The SMILES string of the molecule is O=c1ccn2c3c(cccc13)OC(O)=C2. The van der Waals surface area contributed by atoms with Crippen molar-refractivity contribution in [1.82, 2.24) is 4.57 Å². The van der Waals surface area contributed by atoms with Gasteiger partial charge in [-0.25, -0.2) is 0 Å². The molecule has 0 spiro atoms. The number of benzene rings is 1. The molecule has 1 aliphatic rings. The van der Waals surface area contributed by atoms with Gasteiger partial charge < -0.3 is 14.4 Å². The second-order valence-electron chi connectivity index (χ2n) is 3.31. The Kier molecular flexibility index (Phi) is 1.42. The minimum absolute atomic E-state index is 0.0542. The molecule has 4 heteroatoms. The molecule has 3 rings (SSSR count). The molecule has 0 saturated carbocycles. The average molecular weight is 201 g/mol. The first-order valence-electron chi connectivity index (χ1n) is 4.48. The van der Waals surface area contributed by atoms with E-state index in [1.807, 2.05) is 0 Å². The van der Waals surface area contributed by atoms with Gasteiger partial charge in [0.25, 0.3) is 5.95 Å². The van der Waals surface area contributed by atoms with Gasteiger partial charge in [-0.1, -0.05) is 6.07 Å². The zero-order valence-electron chi connectivity index (χ0n) is 7.68. The predicted molar refractivity (Wildman–Crippen MR) is 55.7 cm³/mol. The standard InChI is InChI=1S/C11H7NO3/c13-8-4-5-12-6-10(14)15-9-3-1-2-7(8)11(9)12/h1-6,14H. The zero-order valence-corrected chi connectivity index (χ0v) is 7.68. The van der Waals surface area contributed by atoms with Crippen molar-refractivity contribution >= 4 is 17.1 Å². The summed E-state index contributed by atoms with van der Waals surface area (Å²) < 4.78 is 6.79. The van der Waals surface area contributed by atoms with E-state index in [1.165, 1.54) is 12.3 Å². The summed E-state index contributed by atoms with van der Waals surface area (Å²) in [5, 5.41) is 9.90. The van der Waals surface area contributed by atoms with E-state index in [-0.39, 0.29) is 11.4 Å². The summed E-state index contributed by atoms with van der Waals surface area (Å²) in [5.41, 5.74) is 0.629. The number of hydrogen-bond acceptors (Lipinski definition) is 3. The van der Waals surface area contributed by atoms with Gasteiger partial charge in [-0.2, -0.15) is 0 Å². The Hall–Kier alpha value is -2.23. The van der Waals surface area contributed by atoms with Gasteiger partial charge in [0.05, 0.1) is 11.7 Å². The normalized spacial score (nSPS) is 13.5. The summed E-state index contributed by atoms with van der Waals surface area (Å²) in [6.07, 6.45) is 3.03. The fourth-order valence-electron chi connectivity index (χ4n) is 1.75. The van der Waals surface area contributed by atoms with Crippen LogP contribution in [0, 0.1) is 0 Å². The Bertz CT molecular complexity index is 640. The first kappa shape index (κ1) is 8.11. The fourth-order valence-corrected chi connectivity index (χ4v) is 1.75. The van der Waals surface area contributed by atoms with Crippen molar-refractivity contribution in [3.8, 4) is 5.75 Å². The summed E-state index contributed by atoms with van der Waals surface area (Å²) in [4.78, 5) is 11.6. The highest BCUT2D eigenvalue weighted by Crippen LogP contribution is 2.28. The molecule has 1 N–H and O–H groups in total. The largest absolute Gasteiger partial charge is 0.480 e. The van der Waals surface area contributed by atoms with E-state index in [0.717, 1.165) is 0 Å². The Morgan fingerprint density at radius 2 is 2.13 bits per heavy atom. The van der Waals surface area contributed by atoms with Crippen LogP contribution in [0.15, 0.2) is 41.2 Å². The van der Waals surface area contributed by atoms with E-state index >= 15 is 0 Å². The molecule has 2 heterocycles.